The van der Waals surface area contributed by atoms with Gasteiger partial charge in [-0.25, -0.2) is 0 Å². The molecule has 0 saturated heterocycles. The van der Waals surface area contributed by atoms with Crippen LogP contribution in [0.25, 0.3) is 11.4 Å². The van der Waals surface area contributed by atoms with E-state index in [1.54, 1.807) is 0 Å². The third kappa shape index (κ3) is 1.35. The van der Waals surface area contributed by atoms with Crippen LogP contribution in [0.15, 0.2) is 28.7 Å². The molecule has 1 aromatic carbocycles. The molecular formula is C7H4BrN4-. The molecule has 0 amide bonds. The summed E-state index contributed by atoms with van der Waals surface area (Å²) in [6, 6.07) is 7.67. The summed E-state index contributed by atoms with van der Waals surface area (Å²) < 4.78 is 0.991. The van der Waals surface area contributed by atoms with E-state index >= 15 is 0 Å². The van der Waals surface area contributed by atoms with Crippen LogP contribution >= 0.6 is 15.9 Å². The van der Waals surface area contributed by atoms with Gasteiger partial charge in [-0.2, -0.15) is 5.21 Å². The molecule has 0 radical (unpaired) electrons. The third-order valence-corrected chi connectivity index (χ3v) is 1.89. The normalized spacial score (nSPS) is 10.1. The quantitative estimate of drug-likeness (QED) is 0.731. The number of hydrogen-bond acceptors (Lipinski definition) is 3. The monoisotopic (exact) mass is 223 g/mol. The average molecular weight is 224 g/mol. The first-order chi connectivity index (χ1) is 5.86. The smallest absolute Gasteiger partial charge is 0.0397 e. The summed E-state index contributed by atoms with van der Waals surface area (Å²) in [6.45, 7) is 0. The standard InChI is InChI=1S/C7H4BrN4/c8-6-3-1-2-5(4-6)7-9-11-12-10-7/h1-4H/q-1. The second-order valence-electron chi connectivity index (χ2n) is 2.21. The van der Waals surface area contributed by atoms with Crippen LogP contribution in [-0.4, -0.2) is 15.5 Å². The lowest BCUT2D eigenvalue weighted by Gasteiger charge is -1.98. The highest BCUT2D eigenvalue weighted by molar-refractivity contribution is 9.10. The van der Waals surface area contributed by atoms with Gasteiger partial charge in [0.25, 0.3) is 0 Å². The molecule has 5 heteroatoms. The van der Waals surface area contributed by atoms with Crippen molar-refractivity contribution in [2.24, 2.45) is 0 Å². The molecule has 1 heterocycles. The Labute approximate surface area is 77.1 Å². The Morgan fingerprint density at radius 3 is 2.92 bits per heavy atom. The van der Waals surface area contributed by atoms with E-state index in [1.807, 2.05) is 24.3 Å². The van der Waals surface area contributed by atoms with Crippen LogP contribution in [0.4, 0.5) is 0 Å². The van der Waals surface area contributed by atoms with Gasteiger partial charge in [-0.15, -0.1) is 0 Å². The van der Waals surface area contributed by atoms with Crippen LogP contribution in [-0.2, 0) is 0 Å². The van der Waals surface area contributed by atoms with E-state index in [-0.39, 0.29) is 0 Å². The second-order valence-corrected chi connectivity index (χ2v) is 3.13. The zero-order valence-corrected chi connectivity index (χ0v) is 7.56. The van der Waals surface area contributed by atoms with Crippen molar-refractivity contribution < 1.29 is 0 Å². The van der Waals surface area contributed by atoms with Crippen LogP contribution in [0.1, 0.15) is 0 Å². The molecule has 0 saturated carbocycles. The minimum atomic E-state index is 0.552. The highest BCUT2D eigenvalue weighted by Crippen LogP contribution is 2.17. The van der Waals surface area contributed by atoms with Crippen molar-refractivity contribution >= 4 is 15.9 Å². The molecule has 0 unspecified atom stereocenters. The summed E-state index contributed by atoms with van der Waals surface area (Å²) in [6.07, 6.45) is 0. The molecule has 0 bridgehead atoms. The molecule has 0 N–H and O–H groups in total. The molecule has 0 atom stereocenters. The summed E-state index contributed by atoms with van der Waals surface area (Å²) in [5.41, 5.74) is 0.911. The van der Waals surface area contributed by atoms with Gasteiger partial charge in [-0.3, -0.25) is 10.3 Å². The van der Waals surface area contributed by atoms with Gasteiger partial charge in [0.2, 0.25) is 0 Å². The fourth-order valence-corrected chi connectivity index (χ4v) is 1.29. The number of aromatic nitrogens is 4. The molecule has 0 aliphatic carbocycles. The highest BCUT2D eigenvalue weighted by Gasteiger charge is 1.93. The predicted octanol–water partition coefficient (Wildman–Crippen LogP) is 1.26. The van der Waals surface area contributed by atoms with E-state index < -0.39 is 0 Å². The maximum absolute atomic E-state index is 3.73. The van der Waals surface area contributed by atoms with Crippen molar-refractivity contribution in [3.63, 3.8) is 0 Å². The maximum atomic E-state index is 3.73. The van der Waals surface area contributed by atoms with Gasteiger partial charge in [0.1, 0.15) is 0 Å². The third-order valence-electron chi connectivity index (χ3n) is 1.40. The Kier molecular flexibility index (Phi) is 1.87. The Morgan fingerprint density at radius 2 is 2.25 bits per heavy atom. The Balaban J connectivity index is 2.48. The number of nitrogens with zero attached hydrogens (tertiary/aromatic N) is 4. The molecule has 0 aliphatic heterocycles. The Hall–Kier alpha value is -1.23. The fourth-order valence-electron chi connectivity index (χ4n) is 0.888. The molecule has 2 aromatic rings. The number of benzene rings is 1. The van der Waals surface area contributed by atoms with Crippen molar-refractivity contribution in [1.29, 1.82) is 0 Å². The minimum absolute atomic E-state index is 0.552. The van der Waals surface area contributed by atoms with Gasteiger partial charge >= 0.3 is 0 Å². The predicted molar refractivity (Wildman–Crippen MR) is 46.3 cm³/mol. The second kappa shape index (κ2) is 3.02. The van der Waals surface area contributed by atoms with Gasteiger partial charge in [0.05, 0.1) is 0 Å². The molecule has 1 aromatic heterocycles. The molecule has 0 aliphatic rings. The zero-order valence-electron chi connectivity index (χ0n) is 5.98. The van der Waals surface area contributed by atoms with E-state index in [0.29, 0.717) is 5.82 Å². The van der Waals surface area contributed by atoms with E-state index in [4.69, 9.17) is 0 Å². The Morgan fingerprint density at radius 1 is 1.33 bits per heavy atom. The number of tetrazole rings is 1. The first-order valence-corrected chi connectivity index (χ1v) is 4.10. The summed E-state index contributed by atoms with van der Waals surface area (Å²) in [5, 5.41) is 14.3. The highest BCUT2D eigenvalue weighted by atomic mass is 79.9. The van der Waals surface area contributed by atoms with Crippen LogP contribution < -0.4 is 5.10 Å². The minimum Gasteiger partial charge on any atom is -0.330 e. The average Bonchev–Trinajstić information content (AvgIpc) is 2.56. The van der Waals surface area contributed by atoms with Gasteiger partial charge in [-0.1, -0.05) is 28.1 Å². The van der Waals surface area contributed by atoms with Gasteiger partial charge < -0.3 is 5.10 Å². The maximum Gasteiger partial charge on any atom is 0.0397 e. The van der Waals surface area contributed by atoms with E-state index in [1.165, 1.54) is 0 Å². The molecule has 60 valence electrons. The van der Waals surface area contributed by atoms with Gasteiger partial charge in [-0.05, 0) is 17.7 Å². The summed E-state index contributed by atoms with van der Waals surface area (Å²) >= 11 is 3.35. The van der Waals surface area contributed by atoms with Crippen LogP contribution in [0.5, 0.6) is 0 Å². The molecule has 2 rings (SSSR count). The number of hydrogen-bond donors (Lipinski definition) is 0. The lowest BCUT2D eigenvalue weighted by atomic mass is 10.2. The largest absolute Gasteiger partial charge is 0.330 e. The molecule has 4 nitrogen and oxygen atoms in total. The number of halogens is 1. The first kappa shape index (κ1) is 7.42. The van der Waals surface area contributed by atoms with Gasteiger partial charge in [0, 0.05) is 10.3 Å². The van der Waals surface area contributed by atoms with Crippen molar-refractivity contribution in [3.05, 3.63) is 28.7 Å². The summed E-state index contributed by atoms with van der Waals surface area (Å²) in [5.74, 6) is 0.552. The lowest BCUT2D eigenvalue weighted by molar-refractivity contribution is 0.871. The lowest BCUT2D eigenvalue weighted by Crippen LogP contribution is -1.82. The molecule has 12 heavy (non-hydrogen) atoms. The van der Waals surface area contributed by atoms with Crippen molar-refractivity contribution in [1.82, 2.24) is 20.6 Å². The van der Waals surface area contributed by atoms with Crippen LogP contribution in [0.2, 0.25) is 0 Å². The van der Waals surface area contributed by atoms with Crippen LogP contribution in [0, 0.1) is 0 Å². The van der Waals surface area contributed by atoms with Crippen molar-refractivity contribution in [2.45, 2.75) is 0 Å². The SMILES string of the molecule is Brc1cccc(-c2nnn[n-]2)c1. The number of rotatable bonds is 1. The Bertz CT molecular complexity index is 371. The molecule has 0 spiro atoms. The first-order valence-electron chi connectivity index (χ1n) is 3.31. The zero-order chi connectivity index (χ0) is 8.39. The molecular weight excluding hydrogens is 220 g/mol. The van der Waals surface area contributed by atoms with E-state index in [9.17, 15) is 0 Å². The topological polar surface area (TPSA) is 52.8 Å². The van der Waals surface area contributed by atoms with Crippen molar-refractivity contribution in [2.75, 3.05) is 0 Å². The van der Waals surface area contributed by atoms with E-state index in [0.717, 1.165) is 10.0 Å². The van der Waals surface area contributed by atoms with E-state index in [2.05, 4.69) is 36.6 Å². The summed E-state index contributed by atoms with van der Waals surface area (Å²) in [4.78, 5) is 0. The van der Waals surface area contributed by atoms with Crippen molar-refractivity contribution in [3.8, 4) is 11.4 Å². The van der Waals surface area contributed by atoms with Crippen LogP contribution in [0.3, 0.4) is 0 Å². The molecule has 0 fully saturated rings. The van der Waals surface area contributed by atoms with Gasteiger partial charge in [0.15, 0.2) is 0 Å². The fraction of sp³-hybridized carbons (Fsp3) is 0. The summed E-state index contributed by atoms with van der Waals surface area (Å²) in [7, 11) is 0.